The highest BCUT2D eigenvalue weighted by Crippen LogP contribution is 2.26. The van der Waals surface area contributed by atoms with Crippen LogP contribution in [0.5, 0.6) is 0 Å². The Morgan fingerprint density at radius 1 is 1.28 bits per heavy atom. The van der Waals surface area contributed by atoms with Gasteiger partial charge in [-0.1, -0.05) is 12.1 Å². The van der Waals surface area contributed by atoms with Crippen molar-refractivity contribution in [3.63, 3.8) is 0 Å². The number of amides is 1. The molecule has 32 heavy (non-hydrogen) atoms. The van der Waals surface area contributed by atoms with Gasteiger partial charge in [0.05, 0.1) is 29.4 Å². The van der Waals surface area contributed by atoms with Crippen molar-refractivity contribution < 1.29 is 14.3 Å². The van der Waals surface area contributed by atoms with E-state index in [4.69, 9.17) is 0 Å². The largest absolute Gasteiger partial charge is 0.386 e. The van der Waals surface area contributed by atoms with Crippen LogP contribution in [0.2, 0.25) is 0 Å². The van der Waals surface area contributed by atoms with Crippen molar-refractivity contribution in [1.29, 1.82) is 0 Å². The molecule has 1 aliphatic rings. The van der Waals surface area contributed by atoms with E-state index in [0.29, 0.717) is 31.6 Å². The zero-order chi connectivity index (χ0) is 22.7. The van der Waals surface area contributed by atoms with E-state index in [2.05, 4.69) is 14.5 Å². The second-order valence-corrected chi connectivity index (χ2v) is 8.76. The Morgan fingerprint density at radius 2 is 2.09 bits per heavy atom. The van der Waals surface area contributed by atoms with Gasteiger partial charge < -0.3 is 19.5 Å². The van der Waals surface area contributed by atoms with Crippen LogP contribution in [0.4, 0.5) is 10.2 Å². The lowest BCUT2D eigenvalue weighted by atomic mass is 9.92. The van der Waals surface area contributed by atoms with Gasteiger partial charge in [0.15, 0.2) is 0 Å². The van der Waals surface area contributed by atoms with Crippen molar-refractivity contribution in [2.24, 2.45) is 7.05 Å². The molecule has 2 aromatic heterocycles. The smallest absolute Gasteiger partial charge is 0.222 e. The molecule has 8 heteroatoms. The second-order valence-electron chi connectivity index (χ2n) is 8.76. The van der Waals surface area contributed by atoms with Crippen LogP contribution in [-0.4, -0.2) is 62.7 Å². The van der Waals surface area contributed by atoms with Crippen LogP contribution in [0.25, 0.3) is 11.0 Å². The lowest BCUT2D eigenvalue weighted by Gasteiger charge is -2.41. The van der Waals surface area contributed by atoms with Crippen LogP contribution < -0.4 is 4.90 Å². The van der Waals surface area contributed by atoms with E-state index in [9.17, 15) is 14.3 Å². The van der Waals surface area contributed by atoms with Crippen LogP contribution in [0, 0.1) is 5.82 Å². The third-order valence-corrected chi connectivity index (χ3v) is 6.22. The van der Waals surface area contributed by atoms with Gasteiger partial charge in [-0.05, 0) is 43.5 Å². The van der Waals surface area contributed by atoms with E-state index in [1.807, 2.05) is 36.2 Å². The highest BCUT2D eigenvalue weighted by molar-refractivity contribution is 5.76. The van der Waals surface area contributed by atoms with Crippen molar-refractivity contribution in [1.82, 2.24) is 19.4 Å². The summed E-state index contributed by atoms with van der Waals surface area (Å²) >= 11 is 0. The summed E-state index contributed by atoms with van der Waals surface area (Å²) in [6.45, 7) is 1.37. The summed E-state index contributed by atoms with van der Waals surface area (Å²) in [6.07, 6.45) is 4.40. The van der Waals surface area contributed by atoms with Crippen LogP contribution in [0.1, 0.15) is 31.5 Å². The van der Waals surface area contributed by atoms with Gasteiger partial charge in [0, 0.05) is 40.0 Å². The number of pyridine rings is 1. The summed E-state index contributed by atoms with van der Waals surface area (Å²) in [5, 5.41) is 11.1. The number of β-amino-alcohol motifs (C(OH)–C–C–N with tert-alkyl or cyclic N) is 1. The Labute approximate surface area is 187 Å². The first-order valence-electron chi connectivity index (χ1n) is 11.1. The summed E-state index contributed by atoms with van der Waals surface area (Å²) in [6, 6.07) is 11.0. The third-order valence-electron chi connectivity index (χ3n) is 6.22. The fourth-order valence-corrected chi connectivity index (χ4v) is 4.53. The molecule has 7 nitrogen and oxygen atoms in total. The molecule has 1 atom stereocenters. The summed E-state index contributed by atoms with van der Waals surface area (Å²) in [7, 11) is 3.74. The molecule has 3 aromatic rings. The SMILES string of the molecule is CN(C[C@@]1(O)CCCN(c2ccc(F)cn2)C1)C(=O)CCCc1nc2ccccc2n1C. The number of benzene rings is 1. The van der Waals surface area contributed by atoms with Gasteiger partial charge in [0.1, 0.15) is 17.5 Å². The van der Waals surface area contributed by atoms with E-state index in [1.165, 1.54) is 12.3 Å². The number of halogens is 1. The van der Waals surface area contributed by atoms with Gasteiger partial charge in [-0.15, -0.1) is 0 Å². The fourth-order valence-electron chi connectivity index (χ4n) is 4.53. The first-order chi connectivity index (χ1) is 15.3. The molecule has 170 valence electrons. The molecule has 0 aliphatic carbocycles. The number of hydrogen-bond donors (Lipinski definition) is 1. The molecule has 1 fully saturated rings. The van der Waals surface area contributed by atoms with Gasteiger partial charge in [0.25, 0.3) is 0 Å². The standard InChI is InChI=1S/C24H30FN5O2/c1-28(16-24(32)13-6-14-30(17-24)21-12-11-18(25)15-26-21)23(31)10-5-9-22-27-19-7-3-4-8-20(19)29(22)2/h3-4,7-8,11-12,15,32H,5-6,9-10,13-14,16-17H2,1-2H3/t24-/m0/s1. The fraction of sp³-hybridized carbons (Fsp3) is 0.458. The first-order valence-corrected chi connectivity index (χ1v) is 11.1. The lowest BCUT2D eigenvalue weighted by molar-refractivity contribution is -0.133. The summed E-state index contributed by atoms with van der Waals surface area (Å²) in [4.78, 5) is 25.1. The predicted molar refractivity (Wildman–Crippen MR) is 122 cm³/mol. The number of piperidine rings is 1. The maximum Gasteiger partial charge on any atom is 0.222 e. The number of aliphatic hydroxyl groups is 1. The number of nitrogens with zero attached hydrogens (tertiary/aromatic N) is 5. The number of hydrogen-bond acceptors (Lipinski definition) is 5. The number of aryl methyl sites for hydroxylation is 2. The zero-order valence-electron chi connectivity index (χ0n) is 18.7. The zero-order valence-corrected chi connectivity index (χ0v) is 18.7. The topological polar surface area (TPSA) is 74.5 Å². The molecule has 1 aromatic carbocycles. The van der Waals surface area contributed by atoms with Gasteiger partial charge in [0.2, 0.25) is 5.91 Å². The Bertz CT molecular complexity index is 1080. The average Bonchev–Trinajstić information content (AvgIpc) is 3.09. The van der Waals surface area contributed by atoms with Crippen LogP contribution >= 0.6 is 0 Å². The second kappa shape index (κ2) is 9.24. The number of aromatic nitrogens is 3. The molecular formula is C24H30FN5O2. The molecule has 1 N–H and O–H groups in total. The molecule has 4 rings (SSSR count). The van der Waals surface area contributed by atoms with Gasteiger partial charge in [-0.3, -0.25) is 4.79 Å². The first kappa shape index (κ1) is 22.2. The Kier molecular flexibility index (Phi) is 6.41. The van der Waals surface area contributed by atoms with Crippen LogP contribution in [0.3, 0.4) is 0 Å². The van der Waals surface area contributed by atoms with E-state index in [1.54, 1.807) is 18.0 Å². The van der Waals surface area contributed by atoms with Crippen LogP contribution in [0.15, 0.2) is 42.6 Å². The number of para-hydroxylation sites is 2. The molecule has 1 aliphatic heterocycles. The monoisotopic (exact) mass is 439 g/mol. The predicted octanol–water partition coefficient (Wildman–Crippen LogP) is 2.92. The summed E-state index contributed by atoms with van der Waals surface area (Å²) in [5.74, 6) is 1.23. The molecular weight excluding hydrogens is 409 g/mol. The normalized spacial score (nSPS) is 18.8. The number of likely N-dealkylation sites (N-methyl/N-ethyl adjacent to an activating group) is 1. The van der Waals surface area contributed by atoms with Crippen molar-refractivity contribution in [2.45, 2.75) is 37.7 Å². The summed E-state index contributed by atoms with van der Waals surface area (Å²) in [5.41, 5.74) is 1.04. The number of imidazole rings is 1. The highest BCUT2D eigenvalue weighted by Gasteiger charge is 2.35. The van der Waals surface area contributed by atoms with E-state index in [0.717, 1.165) is 36.2 Å². The van der Waals surface area contributed by atoms with E-state index in [-0.39, 0.29) is 18.3 Å². The molecule has 1 amide bonds. The number of fused-ring (bicyclic) bond motifs is 1. The van der Waals surface area contributed by atoms with Crippen molar-refractivity contribution >= 4 is 22.8 Å². The number of rotatable bonds is 7. The maximum atomic E-state index is 13.2. The van der Waals surface area contributed by atoms with Gasteiger partial charge in [-0.2, -0.15) is 0 Å². The molecule has 0 spiro atoms. The minimum atomic E-state index is -1.02. The van der Waals surface area contributed by atoms with Gasteiger partial charge >= 0.3 is 0 Å². The molecule has 3 heterocycles. The van der Waals surface area contributed by atoms with Crippen molar-refractivity contribution in [3.8, 4) is 0 Å². The third kappa shape index (κ3) is 4.91. The maximum absolute atomic E-state index is 13.2. The number of anilines is 1. The van der Waals surface area contributed by atoms with Crippen molar-refractivity contribution in [2.75, 3.05) is 31.6 Å². The Hall–Kier alpha value is -3.00. The quantitative estimate of drug-likeness (QED) is 0.613. The Morgan fingerprint density at radius 3 is 2.84 bits per heavy atom. The van der Waals surface area contributed by atoms with Crippen LogP contribution in [-0.2, 0) is 18.3 Å². The van der Waals surface area contributed by atoms with E-state index < -0.39 is 5.60 Å². The number of carbonyl (C=O) groups excluding carboxylic acids is 1. The van der Waals surface area contributed by atoms with Gasteiger partial charge in [-0.25, -0.2) is 14.4 Å². The lowest BCUT2D eigenvalue weighted by Crippen LogP contribution is -2.54. The van der Waals surface area contributed by atoms with E-state index >= 15 is 0 Å². The minimum Gasteiger partial charge on any atom is -0.386 e. The average molecular weight is 440 g/mol. The molecule has 0 radical (unpaired) electrons. The summed E-state index contributed by atoms with van der Waals surface area (Å²) < 4.78 is 15.2. The molecule has 1 saturated heterocycles. The number of carbonyl (C=O) groups is 1. The highest BCUT2D eigenvalue weighted by atomic mass is 19.1. The Balaban J connectivity index is 1.30. The molecule has 0 bridgehead atoms. The van der Waals surface area contributed by atoms with Crippen molar-refractivity contribution in [3.05, 3.63) is 54.2 Å². The minimum absolute atomic E-state index is 0.00854. The molecule has 0 unspecified atom stereocenters. The molecule has 0 saturated carbocycles.